The SMILES string of the molecule is CCCCCCCCOCCc1cc2c(nc3c4ccc5c6c(sc(c(=O)n23)c46)c(=O)n2c3cc(CCOCCCCCCCC)sc3nc52)s1. The van der Waals surface area contributed by atoms with Crippen LogP contribution in [0.3, 0.4) is 0 Å². The van der Waals surface area contributed by atoms with Gasteiger partial charge in [0.1, 0.15) is 30.4 Å². The van der Waals surface area contributed by atoms with Crippen LogP contribution < -0.4 is 11.1 Å². The minimum absolute atomic E-state index is 0.113. The molecule has 0 spiro atoms. The number of aromatic nitrogens is 4. The van der Waals surface area contributed by atoms with E-state index in [-0.39, 0.29) is 11.1 Å². The molecule has 11 heteroatoms. The van der Waals surface area contributed by atoms with Crippen molar-refractivity contribution in [1.82, 2.24) is 18.8 Å². The van der Waals surface area contributed by atoms with E-state index in [2.05, 4.69) is 38.1 Å². The monoisotopic (exact) mass is 742 g/mol. The Hall–Kier alpha value is -3.22. The van der Waals surface area contributed by atoms with Gasteiger partial charge in [0.2, 0.25) is 0 Å². The quantitative estimate of drug-likeness (QED) is 0.0571. The average molecular weight is 743 g/mol. The first-order valence-corrected chi connectivity index (χ1v) is 21.4. The van der Waals surface area contributed by atoms with Crippen molar-refractivity contribution in [1.29, 1.82) is 0 Å². The number of unbranched alkanes of at least 4 members (excludes halogenated alkanes) is 10. The second kappa shape index (κ2) is 15.4. The zero-order valence-corrected chi connectivity index (χ0v) is 32.1. The predicted molar refractivity (Wildman–Crippen MR) is 216 cm³/mol. The lowest BCUT2D eigenvalue weighted by atomic mass is 10.0. The van der Waals surface area contributed by atoms with Gasteiger partial charge in [-0.15, -0.1) is 34.0 Å². The number of ether oxygens (including phenoxy) is 2. The Morgan fingerprint density at radius 3 is 1.45 bits per heavy atom. The summed E-state index contributed by atoms with van der Waals surface area (Å²) in [5.74, 6) is 0. The van der Waals surface area contributed by atoms with E-state index in [0.717, 1.165) is 81.1 Å². The van der Waals surface area contributed by atoms with E-state index < -0.39 is 0 Å². The number of fused-ring (bicyclic) bond motifs is 8. The normalized spacial score (nSPS) is 12.7. The van der Waals surface area contributed by atoms with Gasteiger partial charge in [0.15, 0.2) is 0 Å². The molecule has 0 amide bonds. The zero-order valence-electron chi connectivity index (χ0n) is 29.7. The second-order valence-corrected chi connectivity index (χ2v) is 17.1. The van der Waals surface area contributed by atoms with Crippen LogP contribution in [0, 0.1) is 0 Å². The van der Waals surface area contributed by atoms with Gasteiger partial charge in [-0.25, -0.2) is 9.97 Å². The highest BCUT2D eigenvalue weighted by atomic mass is 32.1. The van der Waals surface area contributed by atoms with E-state index >= 15 is 0 Å². The Balaban J connectivity index is 1.04. The predicted octanol–water partition coefficient (Wildman–Crippen LogP) is 10.4. The van der Waals surface area contributed by atoms with Crippen LogP contribution in [0.2, 0.25) is 0 Å². The molecule has 7 aromatic heterocycles. The molecule has 0 fully saturated rings. The zero-order chi connectivity index (χ0) is 34.9. The molecule has 0 saturated carbocycles. The fourth-order valence-corrected chi connectivity index (χ4v) is 10.7. The summed E-state index contributed by atoms with van der Waals surface area (Å²) in [5, 5.41) is 3.46. The summed E-state index contributed by atoms with van der Waals surface area (Å²) in [4.78, 5) is 42.4. The lowest BCUT2D eigenvalue weighted by molar-refractivity contribution is 0.133. The van der Waals surface area contributed by atoms with Crippen LogP contribution in [-0.2, 0) is 22.3 Å². The molecule has 8 aromatic rings. The molecule has 0 aliphatic rings. The number of nitrogens with zero attached hydrogens (tertiary/aromatic N) is 4. The molecule has 0 bridgehead atoms. The molecule has 8 rings (SSSR count). The lowest BCUT2D eigenvalue weighted by Gasteiger charge is -2.05. The highest BCUT2D eigenvalue weighted by Gasteiger charge is 2.26. The molecule has 0 unspecified atom stereocenters. The molecule has 0 aliphatic carbocycles. The summed E-state index contributed by atoms with van der Waals surface area (Å²) < 4.78 is 16.6. The summed E-state index contributed by atoms with van der Waals surface area (Å²) in [6.45, 7) is 7.42. The molecule has 0 saturated heterocycles. The molecule has 0 N–H and O–H groups in total. The third kappa shape index (κ3) is 6.54. The van der Waals surface area contributed by atoms with E-state index in [1.807, 2.05) is 0 Å². The third-order valence-electron chi connectivity index (χ3n) is 10.2. The molecule has 51 heavy (non-hydrogen) atoms. The summed E-state index contributed by atoms with van der Waals surface area (Å²) in [5.41, 5.74) is 2.75. The molecular formula is C40H46N4O4S3. The van der Waals surface area contributed by atoms with Gasteiger partial charge >= 0.3 is 0 Å². The standard InChI is InChI=1S/C40H46N4O4S3/c1-3-5-7-9-11-13-19-47-21-17-25-23-29-37(49-25)41-35-27-15-16-28-32-31(27)33(39(45)43(29)35)51-34(32)40(46)44-30-24-26(50-38(30)42-36(28)44)18-22-48-20-14-12-10-8-6-4-2/h15-16,23-24H,3-14,17-22H2,1-2H3. The van der Waals surface area contributed by atoms with Crippen molar-refractivity contribution in [2.75, 3.05) is 26.4 Å². The Morgan fingerprint density at radius 2 is 1.00 bits per heavy atom. The number of hydrogen-bond donors (Lipinski definition) is 0. The largest absolute Gasteiger partial charge is 0.381 e. The first-order chi connectivity index (χ1) is 25.1. The van der Waals surface area contributed by atoms with E-state index in [4.69, 9.17) is 19.4 Å². The van der Waals surface area contributed by atoms with Crippen LogP contribution >= 0.6 is 34.0 Å². The Morgan fingerprint density at radius 1 is 0.569 bits per heavy atom. The summed E-state index contributed by atoms with van der Waals surface area (Å²) >= 11 is 4.58. The van der Waals surface area contributed by atoms with Gasteiger partial charge in [-0.05, 0) is 37.1 Å². The Kier molecular flexibility index (Phi) is 10.5. The highest BCUT2D eigenvalue weighted by molar-refractivity contribution is 7.26. The van der Waals surface area contributed by atoms with Crippen molar-refractivity contribution in [2.24, 2.45) is 0 Å². The minimum atomic E-state index is -0.113. The molecule has 268 valence electrons. The Bertz CT molecular complexity index is 2370. The maximum absolute atomic E-state index is 14.2. The topological polar surface area (TPSA) is 87.2 Å². The molecule has 0 radical (unpaired) electrons. The lowest BCUT2D eigenvalue weighted by Crippen LogP contribution is -2.12. The average Bonchev–Trinajstić information content (AvgIpc) is 3.94. The number of imidazole rings is 2. The highest BCUT2D eigenvalue weighted by Crippen LogP contribution is 2.42. The van der Waals surface area contributed by atoms with Gasteiger partial charge in [0.25, 0.3) is 11.1 Å². The van der Waals surface area contributed by atoms with Crippen molar-refractivity contribution in [3.8, 4) is 0 Å². The van der Waals surface area contributed by atoms with Crippen LogP contribution in [0.1, 0.15) is 101 Å². The van der Waals surface area contributed by atoms with Crippen LogP contribution in [-0.4, -0.2) is 45.2 Å². The van der Waals surface area contributed by atoms with Crippen LogP contribution in [0.15, 0.2) is 33.9 Å². The smallest absolute Gasteiger partial charge is 0.274 e. The minimum Gasteiger partial charge on any atom is -0.381 e. The molecule has 0 aliphatic heterocycles. The number of pyridine rings is 2. The van der Waals surface area contributed by atoms with E-state index in [1.165, 1.54) is 85.3 Å². The summed E-state index contributed by atoms with van der Waals surface area (Å²) in [6.07, 6.45) is 16.7. The van der Waals surface area contributed by atoms with Crippen LogP contribution in [0.25, 0.3) is 62.9 Å². The Labute approximate surface area is 308 Å². The molecule has 0 atom stereocenters. The van der Waals surface area contributed by atoms with Gasteiger partial charge in [0, 0.05) is 57.4 Å². The second-order valence-electron chi connectivity index (χ2n) is 13.9. The fraction of sp³-hybridized carbons (Fsp3) is 0.500. The third-order valence-corrected chi connectivity index (χ3v) is 13.5. The van der Waals surface area contributed by atoms with Crippen LogP contribution in [0.5, 0.6) is 0 Å². The van der Waals surface area contributed by atoms with E-state index in [0.29, 0.717) is 33.9 Å². The van der Waals surface area contributed by atoms with Gasteiger partial charge in [-0.1, -0.05) is 78.1 Å². The van der Waals surface area contributed by atoms with Crippen LogP contribution in [0.4, 0.5) is 0 Å². The first kappa shape index (κ1) is 34.8. The van der Waals surface area contributed by atoms with Crippen molar-refractivity contribution in [3.63, 3.8) is 0 Å². The maximum atomic E-state index is 14.2. The first-order valence-electron chi connectivity index (χ1n) is 19.0. The number of hydrogen-bond acceptors (Lipinski definition) is 9. The van der Waals surface area contributed by atoms with Crippen molar-refractivity contribution in [2.45, 2.75) is 104 Å². The van der Waals surface area contributed by atoms with Gasteiger partial charge in [-0.3, -0.25) is 18.4 Å². The van der Waals surface area contributed by atoms with Crippen molar-refractivity contribution in [3.05, 3.63) is 54.7 Å². The number of thiophene rings is 3. The molecular weight excluding hydrogens is 697 g/mol. The van der Waals surface area contributed by atoms with Crippen molar-refractivity contribution >= 4 is 96.9 Å². The molecule has 1 aromatic carbocycles. The number of rotatable bonds is 20. The molecule has 7 heterocycles. The fourth-order valence-electron chi connectivity index (χ4n) is 7.53. The summed E-state index contributed by atoms with van der Waals surface area (Å²) in [7, 11) is 0. The van der Waals surface area contributed by atoms with E-state index in [1.54, 1.807) is 31.5 Å². The van der Waals surface area contributed by atoms with Gasteiger partial charge in [0.05, 0.1) is 24.2 Å². The summed E-state index contributed by atoms with van der Waals surface area (Å²) in [6, 6.07) is 8.30. The maximum Gasteiger partial charge on any atom is 0.274 e. The van der Waals surface area contributed by atoms with Crippen molar-refractivity contribution < 1.29 is 9.47 Å². The van der Waals surface area contributed by atoms with Gasteiger partial charge < -0.3 is 9.47 Å². The van der Waals surface area contributed by atoms with E-state index in [9.17, 15) is 9.59 Å². The number of benzene rings is 1. The van der Waals surface area contributed by atoms with Gasteiger partial charge in [-0.2, -0.15) is 0 Å². The molecule has 8 nitrogen and oxygen atoms in total.